The number of hydrogen-bond acceptors (Lipinski definition) is 4. The first kappa shape index (κ1) is 14.5. The third-order valence-electron chi connectivity index (χ3n) is 2.89. The van der Waals surface area contributed by atoms with Crippen LogP contribution in [0, 0.1) is 17.0 Å². The van der Waals surface area contributed by atoms with Crippen molar-refractivity contribution in [2.75, 3.05) is 5.32 Å². The van der Waals surface area contributed by atoms with Gasteiger partial charge in [-0.3, -0.25) is 15.4 Å². The van der Waals surface area contributed by atoms with Crippen LogP contribution in [-0.2, 0) is 11.3 Å². The van der Waals surface area contributed by atoms with Crippen molar-refractivity contribution in [3.8, 4) is 0 Å². The van der Waals surface area contributed by atoms with E-state index >= 15 is 0 Å². The lowest BCUT2D eigenvalue weighted by molar-refractivity contribution is -0.384. The molecule has 0 aliphatic rings. The lowest BCUT2D eigenvalue weighted by Crippen LogP contribution is -2.15. The Bertz CT molecular complexity index is 656. The van der Waals surface area contributed by atoms with Crippen molar-refractivity contribution in [3.63, 3.8) is 0 Å². The van der Waals surface area contributed by atoms with E-state index in [4.69, 9.17) is 4.74 Å². The summed E-state index contributed by atoms with van der Waals surface area (Å²) in [6, 6.07) is 13.8. The van der Waals surface area contributed by atoms with Crippen molar-refractivity contribution < 1.29 is 14.5 Å². The molecule has 0 fully saturated rings. The highest BCUT2D eigenvalue weighted by Crippen LogP contribution is 2.27. The van der Waals surface area contributed by atoms with Gasteiger partial charge in [-0.25, -0.2) is 4.79 Å². The molecule has 0 saturated heterocycles. The highest BCUT2D eigenvalue weighted by Gasteiger charge is 2.18. The van der Waals surface area contributed by atoms with Gasteiger partial charge in [0.1, 0.15) is 12.3 Å². The number of ether oxygens (including phenoxy) is 1. The molecule has 21 heavy (non-hydrogen) atoms. The normalized spacial score (nSPS) is 9.95. The summed E-state index contributed by atoms with van der Waals surface area (Å²) >= 11 is 0. The Kier molecular flexibility index (Phi) is 4.50. The highest BCUT2D eigenvalue weighted by atomic mass is 16.6. The van der Waals surface area contributed by atoms with Gasteiger partial charge >= 0.3 is 6.09 Å². The topological polar surface area (TPSA) is 81.5 Å². The van der Waals surface area contributed by atoms with E-state index in [9.17, 15) is 14.9 Å². The standard InChI is InChI=1S/C15H14N2O4/c1-11-6-5-9-13(17(19)20)14(11)16-15(18)21-10-12-7-3-2-4-8-12/h2-9H,10H2,1H3,(H,16,18). The fraction of sp³-hybridized carbons (Fsp3) is 0.133. The van der Waals surface area contributed by atoms with Gasteiger partial charge in [0.05, 0.1) is 4.92 Å². The highest BCUT2D eigenvalue weighted by molar-refractivity contribution is 5.89. The third kappa shape index (κ3) is 3.79. The predicted molar refractivity (Wildman–Crippen MR) is 78.1 cm³/mol. The summed E-state index contributed by atoms with van der Waals surface area (Å²) in [5.74, 6) is 0. The van der Waals surface area contributed by atoms with Crippen LogP contribution in [-0.4, -0.2) is 11.0 Å². The molecule has 0 unspecified atom stereocenters. The summed E-state index contributed by atoms with van der Waals surface area (Å²) < 4.78 is 5.05. The number of nitro benzene ring substituents is 1. The summed E-state index contributed by atoms with van der Waals surface area (Å²) in [5.41, 5.74) is 1.43. The Labute approximate surface area is 121 Å². The van der Waals surface area contributed by atoms with Gasteiger partial charge in [0, 0.05) is 6.07 Å². The second-order valence-electron chi connectivity index (χ2n) is 4.41. The first-order chi connectivity index (χ1) is 10.1. The van der Waals surface area contributed by atoms with E-state index in [0.29, 0.717) is 5.56 Å². The first-order valence-corrected chi connectivity index (χ1v) is 6.29. The third-order valence-corrected chi connectivity index (χ3v) is 2.89. The van der Waals surface area contributed by atoms with Crippen molar-refractivity contribution in [1.82, 2.24) is 0 Å². The number of amides is 1. The minimum absolute atomic E-state index is 0.104. The second kappa shape index (κ2) is 6.51. The smallest absolute Gasteiger partial charge is 0.412 e. The van der Waals surface area contributed by atoms with E-state index in [-0.39, 0.29) is 18.0 Å². The number of nitrogens with zero attached hydrogens (tertiary/aromatic N) is 1. The van der Waals surface area contributed by atoms with Crippen LogP contribution in [0.4, 0.5) is 16.2 Å². The van der Waals surface area contributed by atoms with Crippen molar-refractivity contribution >= 4 is 17.5 Å². The molecule has 0 atom stereocenters. The Morgan fingerprint density at radius 2 is 1.90 bits per heavy atom. The van der Waals surface area contributed by atoms with E-state index in [1.54, 1.807) is 19.1 Å². The van der Waals surface area contributed by atoms with Crippen LogP contribution in [0.1, 0.15) is 11.1 Å². The minimum Gasteiger partial charge on any atom is -0.444 e. The number of carbonyl (C=O) groups excluding carboxylic acids is 1. The molecule has 0 saturated carbocycles. The van der Waals surface area contributed by atoms with E-state index in [2.05, 4.69) is 5.32 Å². The Balaban J connectivity index is 2.05. The molecule has 0 aromatic heterocycles. The molecule has 6 heteroatoms. The molecule has 2 aromatic rings. The number of para-hydroxylation sites is 1. The molecule has 0 radical (unpaired) electrons. The average Bonchev–Trinajstić information content (AvgIpc) is 2.48. The zero-order chi connectivity index (χ0) is 15.2. The van der Waals surface area contributed by atoms with E-state index in [1.807, 2.05) is 30.3 Å². The van der Waals surface area contributed by atoms with Gasteiger partial charge in [0.25, 0.3) is 5.69 Å². The number of aryl methyl sites for hydroxylation is 1. The van der Waals surface area contributed by atoms with Crippen LogP contribution in [0.2, 0.25) is 0 Å². The summed E-state index contributed by atoms with van der Waals surface area (Å²) in [5, 5.41) is 13.4. The molecule has 2 rings (SSSR count). The number of rotatable bonds is 4. The number of carbonyl (C=O) groups is 1. The molecular formula is C15H14N2O4. The maximum absolute atomic E-state index is 11.8. The van der Waals surface area contributed by atoms with Gasteiger partial charge in [0.15, 0.2) is 0 Å². The van der Waals surface area contributed by atoms with Gasteiger partial charge < -0.3 is 4.74 Å². The monoisotopic (exact) mass is 286 g/mol. The van der Waals surface area contributed by atoms with E-state index < -0.39 is 11.0 Å². The number of nitro groups is 1. The molecule has 0 spiro atoms. The SMILES string of the molecule is Cc1cccc([N+](=O)[O-])c1NC(=O)OCc1ccccc1. The molecule has 0 aliphatic carbocycles. The van der Waals surface area contributed by atoms with Gasteiger partial charge in [0.2, 0.25) is 0 Å². The molecule has 1 amide bonds. The first-order valence-electron chi connectivity index (χ1n) is 6.29. The van der Waals surface area contributed by atoms with E-state index in [0.717, 1.165) is 5.56 Å². The molecule has 1 N–H and O–H groups in total. The van der Waals surface area contributed by atoms with Crippen LogP contribution in [0.3, 0.4) is 0 Å². The van der Waals surface area contributed by atoms with Crippen molar-refractivity contribution in [3.05, 3.63) is 69.8 Å². The maximum Gasteiger partial charge on any atom is 0.412 e. The molecule has 6 nitrogen and oxygen atoms in total. The van der Waals surface area contributed by atoms with Crippen LogP contribution in [0.5, 0.6) is 0 Å². The van der Waals surface area contributed by atoms with Crippen LogP contribution in [0.25, 0.3) is 0 Å². The van der Waals surface area contributed by atoms with Crippen LogP contribution >= 0.6 is 0 Å². The summed E-state index contributed by atoms with van der Waals surface area (Å²) in [4.78, 5) is 22.2. The quantitative estimate of drug-likeness (QED) is 0.687. The van der Waals surface area contributed by atoms with Gasteiger partial charge in [-0.1, -0.05) is 42.5 Å². The Morgan fingerprint density at radius 1 is 1.19 bits per heavy atom. The minimum atomic E-state index is -0.726. The zero-order valence-electron chi connectivity index (χ0n) is 11.4. The lowest BCUT2D eigenvalue weighted by atomic mass is 10.1. The molecule has 108 valence electrons. The maximum atomic E-state index is 11.8. The van der Waals surface area contributed by atoms with E-state index in [1.165, 1.54) is 6.07 Å². The largest absolute Gasteiger partial charge is 0.444 e. The van der Waals surface area contributed by atoms with Crippen molar-refractivity contribution in [1.29, 1.82) is 0 Å². The van der Waals surface area contributed by atoms with Crippen LogP contribution in [0.15, 0.2) is 48.5 Å². The number of anilines is 1. The lowest BCUT2D eigenvalue weighted by Gasteiger charge is -2.09. The zero-order valence-corrected chi connectivity index (χ0v) is 11.4. The van der Waals surface area contributed by atoms with Crippen molar-refractivity contribution in [2.24, 2.45) is 0 Å². The fourth-order valence-corrected chi connectivity index (χ4v) is 1.83. The van der Waals surface area contributed by atoms with Gasteiger partial charge in [-0.05, 0) is 18.1 Å². The second-order valence-corrected chi connectivity index (χ2v) is 4.41. The average molecular weight is 286 g/mol. The predicted octanol–water partition coefficient (Wildman–Crippen LogP) is 3.65. The van der Waals surface area contributed by atoms with Crippen LogP contribution < -0.4 is 5.32 Å². The number of hydrogen-bond donors (Lipinski definition) is 1. The summed E-state index contributed by atoms with van der Waals surface area (Å²) in [7, 11) is 0. The van der Waals surface area contributed by atoms with Gasteiger partial charge in [-0.2, -0.15) is 0 Å². The molecular weight excluding hydrogens is 272 g/mol. The Hall–Kier alpha value is -2.89. The fourth-order valence-electron chi connectivity index (χ4n) is 1.83. The molecule has 0 heterocycles. The van der Waals surface area contributed by atoms with Crippen molar-refractivity contribution in [2.45, 2.75) is 13.5 Å². The molecule has 2 aromatic carbocycles. The Morgan fingerprint density at radius 3 is 2.57 bits per heavy atom. The van der Waals surface area contributed by atoms with Gasteiger partial charge in [-0.15, -0.1) is 0 Å². The number of nitrogens with one attached hydrogen (secondary N) is 1. The summed E-state index contributed by atoms with van der Waals surface area (Å²) in [6.07, 6.45) is -0.726. The summed E-state index contributed by atoms with van der Waals surface area (Å²) in [6.45, 7) is 1.78. The number of benzene rings is 2. The molecule has 0 aliphatic heterocycles. The molecule has 0 bridgehead atoms.